The number of para-hydroxylation sites is 1. The summed E-state index contributed by atoms with van der Waals surface area (Å²) in [5.41, 5.74) is 1.45. The number of piperazine rings is 1. The highest BCUT2D eigenvalue weighted by molar-refractivity contribution is 7.91. The van der Waals surface area contributed by atoms with Crippen LogP contribution < -0.4 is 5.32 Å². The molecule has 1 aliphatic rings. The van der Waals surface area contributed by atoms with Crippen molar-refractivity contribution in [2.75, 3.05) is 38.0 Å². The Labute approximate surface area is 191 Å². The second-order valence-electron chi connectivity index (χ2n) is 7.40. The molecule has 0 saturated carbocycles. The lowest BCUT2D eigenvalue weighted by atomic mass is 10.0. The van der Waals surface area contributed by atoms with Gasteiger partial charge in [-0.1, -0.05) is 48.5 Å². The summed E-state index contributed by atoms with van der Waals surface area (Å²) in [5, 5.41) is 4.58. The van der Waals surface area contributed by atoms with E-state index >= 15 is 0 Å². The maximum absolute atomic E-state index is 12.8. The van der Waals surface area contributed by atoms with E-state index in [2.05, 4.69) is 5.32 Å². The van der Waals surface area contributed by atoms with Crippen LogP contribution in [0.3, 0.4) is 0 Å². The van der Waals surface area contributed by atoms with Crippen LogP contribution in [0.5, 0.6) is 0 Å². The molecule has 9 heteroatoms. The zero-order valence-electron chi connectivity index (χ0n) is 17.3. The Morgan fingerprint density at radius 2 is 1.56 bits per heavy atom. The number of carbonyl (C=O) groups excluding carboxylic acids is 2. The molecule has 32 heavy (non-hydrogen) atoms. The summed E-state index contributed by atoms with van der Waals surface area (Å²) >= 11 is 1.20. The van der Waals surface area contributed by atoms with Crippen molar-refractivity contribution in [3.63, 3.8) is 0 Å². The molecule has 0 bridgehead atoms. The minimum Gasteiger partial charge on any atom is -0.324 e. The molecule has 0 radical (unpaired) electrons. The van der Waals surface area contributed by atoms with E-state index in [1.807, 2.05) is 11.0 Å². The Kier molecular flexibility index (Phi) is 6.80. The number of nitrogens with one attached hydrogen (secondary N) is 1. The molecule has 2 aromatic carbocycles. The Morgan fingerprint density at radius 1 is 0.875 bits per heavy atom. The first kappa shape index (κ1) is 22.3. The van der Waals surface area contributed by atoms with Gasteiger partial charge in [-0.2, -0.15) is 4.31 Å². The molecule has 0 unspecified atom stereocenters. The van der Waals surface area contributed by atoms with Gasteiger partial charge in [-0.3, -0.25) is 14.5 Å². The summed E-state index contributed by atoms with van der Waals surface area (Å²) in [6.07, 6.45) is 0. The second-order valence-corrected chi connectivity index (χ2v) is 10.5. The van der Waals surface area contributed by atoms with Crippen molar-refractivity contribution in [1.29, 1.82) is 0 Å². The van der Waals surface area contributed by atoms with E-state index in [1.165, 1.54) is 15.6 Å². The Morgan fingerprint density at radius 3 is 2.25 bits per heavy atom. The van der Waals surface area contributed by atoms with E-state index < -0.39 is 10.0 Å². The van der Waals surface area contributed by atoms with Crippen molar-refractivity contribution >= 4 is 38.7 Å². The van der Waals surface area contributed by atoms with E-state index in [1.54, 1.807) is 66.0 Å². The second kappa shape index (κ2) is 9.74. The van der Waals surface area contributed by atoms with Gasteiger partial charge in [0, 0.05) is 37.3 Å². The van der Waals surface area contributed by atoms with Gasteiger partial charge in [0.2, 0.25) is 5.91 Å². The third-order valence-corrected chi connectivity index (χ3v) is 8.54. The minimum atomic E-state index is -3.47. The third-order valence-electron chi connectivity index (χ3n) is 5.27. The average molecular weight is 470 g/mol. The van der Waals surface area contributed by atoms with Crippen LogP contribution >= 0.6 is 11.3 Å². The fourth-order valence-electron chi connectivity index (χ4n) is 3.59. The van der Waals surface area contributed by atoms with Gasteiger partial charge < -0.3 is 5.32 Å². The van der Waals surface area contributed by atoms with Crippen molar-refractivity contribution in [3.8, 4) is 0 Å². The van der Waals surface area contributed by atoms with Gasteiger partial charge in [0.15, 0.2) is 5.78 Å². The lowest BCUT2D eigenvalue weighted by Crippen LogP contribution is -2.50. The lowest BCUT2D eigenvalue weighted by Gasteiger charge is -2.33. The van der Waals surface area contributed by atoms with Crippen LogP contribution in [-0.4, -0.2) is 62.0 Å². The smallest absolute Gasteiger partial charge is 0.252 e. The lowest BCUT2D eigenvalue weighted by molar-refractivity contribution is -0.117. The van der Waals surface area contributed by atoms with E-state index in [9.17, 15) is 18.0 Å². The molecular weight excluding hydrogens is 446 g/mol. The quantitative estimate of drug-likeness (QED) is 0.538. The summed E-state index contributed by atoms with van der Waals surface area (Å²) in [6.45, 7) is 1.71. The molecule has 1 N–H and O–H groups in total. The molecule has 4 rings (SSSR count). The van der Waals surface area contributed by atoms with Gasteiger partial charge in [0.05, 0.1) is 12.2 Å². The van der Waals surface area contributed by atoms with Crippen LogP contribution in [0.2, 0.25) is 0 Å². The molecule has 1 amide bonds. The highest BCUT2D eigenvalue weighted by Crippen LogP contribution is 2.22. The molecule has 3 aromatic rings. The molecule has 0 aliphatic carbocycles. The van der Waals surface area contributed by atoms with Crippen LogP contribution in [0, 0.1) is 0 Å². The summed E-state index contributed by atoms with van der Waals surface area (Å²) in [6, 6.07) is 19.2. The molecule has 1 aromatic heterocycles. The molecule has 1 saturated heterocycles. The van der Waals surface area contributed by atoms with Crippen molar-refractivity contribution in [3.05, 3.63) is 83.2 Å². The van der Waals surface area contributed by atoms with E-state index in [4.69, 9.17) is 0 Å². The monoisotopic (exact) mass is 469 g/mol. The number of benzene rings is 2. The first-order valence-electron chi connectivity index (χ1n) is 10.2. The maximum Gasteiger partial charge on any atom is 0.252 e. The number of carbonyl (C=O) groups is 2. The third kappa shape index (κ3) is 4.97. The summed E-state index contributed by atoms with van der Waals surface area (Å²) in [5.74, 6) is -0.401. The number of rotatable bonds is 7. The van der Waals surface area contributed by atoms with E-state index in [-0.39, 0.29) is 18.2 Å². The van der Waals surface area contributed by atoms with E-state index in [0.29, 0.717) is 47.2 Å². The molecular formula is C23H23N3O4S2. The number of sulfonamides is 1. The molecule has 1 aliphatic heterocycles. The van der Waals surface area contributed by atoms with Crippen LogP contribution in [0.4, 0.5) is 5.69 Å². The number of hydrogen-bond donors (Lipinski definition) is 1. The van der Waals surface area contributed by atoms with Gasteiger partial charge in [-0.15, -0.1) is 11.3 Å². The van der Waals surface area contributed by atoms with Gasteiger partial charge >= 0.3 is 0 Å². The number of nitrogens with zero attached hydrogens (tertiary/aromatic N) is 2. The molecule has 7 nitrogen and oxygen atoms in total. The average Bonchev–Trinajstić information content (AvgIpc) is 3.36. The topological polar surface area (TPSA) is 86.8 Å². The van der Waals surface area contributed by atoms with Crippen molar-refractivity contribution < 1.29 is 18.0 Å². The zero-order chi connectivity index (χ0) is 22.6. The van der Waals surface area contributed by atoms with Crippen molar-refractivity contribution in [2.24, 2.45) is 0 Å². The SMILES string of the molecule is O=C(CN1CCN(S(=O)(=O)c2cccs2)CC1)Nc1ccccc1C(=O)c1ccccc1. The first-order valence-corrected chi connectivity index (χ1v) is 12.5. The fraction of sp³-hybridized carbons (Fsp3) is 0.217. The molecule has 1 fully saturated rings. The van der Waals surface area contributed by atoms with Gasteiger partial charge in [-0.25, -0.2) is 8.42 Å². The minimum absolute atomic E-state index is 0.126. The van der Waals surface area contributed by atoms with Crippen LogP contribution in [0.1, 0.15) is 15.9 Å². The normalized spacial score (nSPS) is 15.4. The van der Waals surface area contributed by atoms with Crippen molar-refractivity contribution in [2.45, 2.75) is 4.21 Å². The standard InChI is InChI=1S/C23H23N3O4S2/c27-21(17-25-12-14-26(15-13-25)32(29,30)22-11-6-16-31-22)24-20-10-5-4-9-19(20)23(28)18-7-2-1-3-8-18/h1-11,16H,12-15,17H2,(H,24,27). The predicted molar refractivity (Wildman–Crippen MR) is 124 cm³/mol. The van der Waals surface area contributed by atoms with Crippen molar-refractivity contribution in [1.82, 2.24) is 9.21 Å². The molecule has 2 heterocycles. The Balaban J connectivity index is 1.36. The molecule has 0 spiro atoms. The van der Waals surface area contributed by atoms with Gasteiger partial charge in [0.1, 0.15) is 4.21 Å². The highest BCUT2D eigenvalue weighted by Gasteiger charge is 2.29. The number of anilines is 1. The zero-order valence-corrected chi connectivity index (χ0v) is 18.9. The molecule has 166 valence electrons. The van der Waals surface area contributed by atoms with Gasteiger partial charge in [-0.05, 0) is 23.6 Å². The summed E-state index contributed by atoms with van der Waals surface area (Å²) < 4.78 is 27.1. The predicted octanol–water partition coefficient (Wildman–Crippen LogP) is 2.92. The summed E-state index contributed by atoms with van der Waals surface area (Å²) in [7, 11) is -3.47. The van der Waals surface area contributed by atoms with Crippen LogP contribution in [0.15, 0.2) is 76.3 Å². The molecule has 0 atom stereocenters. The maximum atomic E-state index is 12.8. The number of ketones is 1. The van der Waals surface area contributed by atoms with E-state index in [0.717, 1.165) is 0 Å². The number of amides is 1. The first-order chi connectivity index (χ1) is 15.4. The highest BCUT2D eigenvalue weighted by atomic mass is 32.2. The van der Waals surface area contributed by atoms with Gasteiger partial charge in [0.25, 0.3) is 10.0 Å². The van der Waals surface area contributed by atoms with Crippen LogP contribution in [-0.2, 0) is 14.8 Å². The Hall–Kier alpha value is -2.85. The van der Waals surface area contributed by atoms with Crippen LogP contribution in [0.25, 0.3) is 0 Å². The fourth-order valence-corrected chi connectivity index (χ4v) is 6.16. The Bertz CT molecular complexity index is 1190. The number of hydrogen-bond acceptors (Lipinski definition) is 6. The number of thiophene rings is 1. The summed E-state index contributed by atoms with van der Waals surface area (Å²) in [4.78, 5) is 27.4. The largest absolute Gasteiger partial charge is 0.324 e.